The number of hydrogen-bond acceptors (Lipinski definition) is 5. The van der Waals surface area contributed by atoms with Gasteiger partial charge in [0.25, 0.3) is 0 Å². The Kier molecular flexibility index (Phi) is 6.38. The maximum Gasteiger partial charge on any atom is 0.237 e. The SMILES string of the molecule is NC(=O)CCN(C(=O)CSc1n[nH]c(-c2ccccc2F)n1)c1ccccc1. The lowest BCUT2D eigenvalue weighted by Gasteiger charge is -2.22. The Morgan fingerprint density at radius 2 is 1.82 bits per heavy atom. The molecule has 0 saturated heterocycles. The van der Waals surface area contributed by atoms with Crippen molar-refractivity contribution >= 4 is 29.3 Å². The minimum absolute atomic E-state index is 0.0578. The van der Waals surface area contributed by atoms with Crippen molar-refractivity contribution in [2.45, 2.75) is 11.6 Å². The molecular weight excluding hydrogens is 381 g/mol. The monoisotopic (exact) mass is 399 g/mol. The number of nitrogens with one attached hydrogen (secondary N) is 1. The molecular formula is C19H18FN5O2S. The maximum absolute atomic E-state index is 13.8. The second-order valence-electron chi connectivity index (χ2n) is 5.83. The second kappa shape index (κ2) is 9.14. The molecule has 3 rings (SSSR count). The highest BCUT2D eigenvalue weighted by atomic mass is 32.2. The number of rotatable bonds is 8. The van der Waals surface area contributed by atoms with Gasteiger partial charge in [-0.15, -0.1) is 5.10 Å². The van der Waals surface area contributed by atoms with Crippen LogP contribution in [0, 0.1) is 5.82 Å². The number of nitrogens with two attached hydrogens (primary N) is 1. The Hall–Kier alpha value is -3.20. The zero-order valence-corrected chi connectivity index (χ0v) is 15.7. The number of nitrogens with zero attached hydrogens (tertiary/aromatic N) is 3. The molecule has 1 heterocycles. The van der Waals surface area contributed by atoms with E-state index >= 15 is 0 Å². The first kappa shape index (κ1) is 19.6. The number of benzene rings is 2. The number of primary amides is 1. The third kappa shape index (κ3) is 4.95. The molecule has 1 aromatic heterocycles. The van der Waals surface area contributed by atoms with E-state index in [0.717, 1.165) is 11.8 Å². The third-order valence-electron chi connectivity index (χ3n) is 3.87. The van der Waals surface area contributed by atoms with Crippen molar-refractivity contribution in [2.24, 2.45) is 5.73 Å². The van der Waals surface area contributed by atoms with Gasteiger partial charge < -0.3 is 10.6 Å². The number of para-hydroxylation sites is 1. The largest absolute Gasteiger partial charge is 0.370 e. The van der Waals surface area contributed by atoms with Gasteiger partial charge in [0.2, 0.25) is 17.0 Å². The number of H-pyrrole nitrogens is 1. The highest BCUT2D eigenvalue weighted by Gasteiger charge is 2.18. The lowest BCUT2D eigenvalue weighted by atomic mass is 10.2. The van der Waals surface area contributed by atoms with E-state index in [1.54, 1.807) is 30.3 Å². The van der Waals surface area contributed by atoms with Gasteiger partial charge in [0.1, 0.15) is 5.82 Å². The van der Waals surface area contributed by atoms with Gasteiger partial charge in [-0.25, -0.2) is 9.37 Å². The number of hydrogen-bond donors (Lipinski definition) is 2. The van der Waals surface area contributed by atoms with Crippen LogP contribution in [0.5, 0.6) is 0 Å². The Labute approximate surface area is 165 Å². The number of carbonyl (C=O) groups is 2. The van der Waals surface area contributed by atoms with Crippen LogP contribution in [-0.2, 0) is 9.59 Å². The smallest absolute Gasteiger partial charge is 0.237 e. The summed E-state index contributed by atoms with van der Waals surface area (Å²) >= 11 is 1.12. The highest BCUT2D eigenvalue weighted by Crippen LogP contribution is 2.22. The summed E-state index contributed by atoms with van der Waals surface area (Å²) in [6.45, 7) is 0.188. The van der Waals surface area contributed by atoms with Crippen LogP contribution in [0.4, 0.5) is 10.1 Å². The van der Waals surface area contributed by atoms with Crippen LogP contribution in [0.2, 0.25) is 0 Å². The molecule has 0 aliphatic carbocycles. The first-order chi connectivity index (χ1) is 13.5. The standard InChI is InChI=1S/C19H18FN5O2S/c20-15-9-5-4-8-14(15)18-22-19(24-23-18)28-12-17(27)25(11-10-16(21)26)13-6-2-1-3-7-13/h1-9H,10-12H2,(H2,21,26)(H,22,23,24). The van der Waals surface area contributed by atoms with Crippen molar-refractivity contribution in [3.63, 3.8) is 0 Å². The summed E-state index contributed by atoms with van der Waals surface area (Å²) < 4.78 is 13.8. The van der Waals surface area contributed by atoms with Crippen molar-refractivity contribution in [1.82, 2.24) is 15.2 Å². The molecule has 0 bridgehead atoms. The van der Waals surface area contributed by atoms with Gasteiger partial charge in [-0.05, 0) is 24.3 Å². The lowest BCUT2D eigenvalue weighted by molar-refractivity contribution is -0.118. The molecule has 28 heavy (non-hydrogen) atoms. The molecule has 3 N–H and O–H groups in total. The molecule has 0 fully saturated rings. The molecule has 0 radical (unpaired) electrons. The maximum atomic E-state index is 13.8. The Bertz CT molecular complexity index is 964. The predicted octanol–water partition coefficient (Wildman–Crippen LogP) is 2.61. The van der Waals surface area contributed by atoms with Crippen LogP contribution >= 0.6 is 11.8 Å². The van der Waals surface area contributed by atoms with Crippen molar-refractivity contribution < 1.29 is 14.0 Å². The van der Waals surface area contributed by atoms with E-state index in [1.165, 1.54) is 11.0 Å². The van der Waals surface area contributed by atoms with Crippen molar-refractivity contribution in [1.29, 1.82) is 0 Å². The molecule has 9 heteroatoms. The van der Waals surface area contributed by atoms with Crippen LogP contribution in [0.1, 0.15) is 6.42 Å². The average Bonchev–Trinajstić information content (AvgIpc) is 3.16. The van der Waals surface area contributed by atoms with Crippen molar-refractivity contribution in [3.05, 3.63) is 60.4 Å². The minimum atomic E-state index is -0.482. The molecule has 0 aliphatic heterocycles. The fourth-order valence-electron chi connectivity index (χ4n) is 2.52. The van der Waals surface area contributed by atoms with Gasteiger partial charge in [0.05, 0.1) is 11.3 Å². The molecule has 0 spiro atoms. The molecule has 0 saturated carbocycles. The van der Waals surface area contributed by atoms with Gasteiger partial charge in [0, 0.05) is 18.7 Å². The van der Waals surface area contributed by atoms with E-state index in [9.17, 15) is 14.0 Å². The number of amides is 2. The predicted molar refractivity (Wildman–Crippen MR) is 105 cm³/mol. The Balaban J connectivity index is 1.67. The van der Waals surface area contributed by atoms with Crippen molar-refractivity contribution in [2.75, 3.05) is 17.2 Å². The molecule has 2 amide bonds. The van der Waals surface area contributed by atoms with Gasteiger partial charge in [0.15, 0.2) is 5.82 Å². The number of anilines is 1. The number of aromatic nitrogens is 3. The summed E-state index contributed by atoms with van der Waals surface area (Å²) in [7, 11) is 0. The summed E-state index contributed by atoms with van der Waals surface area (Å²) in [6.07, 6.45) is 0.0589. The second-order valence-corrected chi connectivity index (χ2v) is 6.77. The van der Waals surface area contributed by atoms with Crippen LogP contribution in [-0.4, -0.2) is 39.3 Å². The van der Waals surface area contributed by atoms with Gasteiger partial charge >= 0.3 is 0 Å². The van der Waals surface area contributed by atoms with Gasteiger partial charge in [-0.1, -0.05) is 42.1 Å². The van der Waals surface area contributed by atoms with E-state index in [4.69, 9.17) is 5.73 Å². The highest BCUT2D eigenvalue weighted by molar-refractivity contribution is 7.99. The van der Waals surface area contributed by atoms with Gasteiger partial charge in [-0.2, -0.15) is 0 Å². The molecule has 2 aromatic carbocycles. The zero-order valence-electron chi connectivity index (χ0n) is 14.8. The topological polar surface area (TPSA) is 105 Å². The number of carbonyl (C=O) groups excluding carboxylic acids is 2. The summed E-state index contributed by atoms with van der Waals surface area (Å²) in [6, 6.07) is 15.3. The van der Waals surface area contributed by atoms with E-state index in [0.29, 0.717) is 22.2 Å². The fraction of sp³-hybridized carbons (Fsp3) is 0.158. The lowest BCUT2D eigenvalue weighted by Crippen LogP contribution is -2.35. The quantitative estimate of drug-likeness (QED) is 0.567. The normalized spacial score (nSPS) is 10.6. The summed E-state index contributed by atoms with van der Waals surface area (Å²) in [5.41, 5.74) is 6.20. The molecule has 3 aromatic rings. The molecule has 0 unspecified atom stereocenters. The van der Waals surface area contributed by atoms with Crippen molar-refractivity contribution in [3.8, 4) is 11.4 Å². The van der Waals surface area contributed by atoms with Crippen LogP contribution in [0.25, 0.3) is 11.4 Å². The van der Waals surface area contributed by atoms with Crippen LogP contribution in [0.15, 0.2) is 59.8 Å². The Morgan fingerprint density at radius 3 is 2.54 bits per heavy atom. The molecule has 0 atom stereocenters. The summed E-state index contributed by atoms with van der Waals surface area (Å²) in [4.78, 5) is 29.5. The fourth-order valence-corrected chi connectivity index (χ4v) is 3.19. The third-order valence-corrected chi connectivity index (χ3v) is 4.70. The first-order valence-electron chi connectivity index (χ1n) is 8.48. The molecule has 0 aliphatic rings. The van der Waals surface area contributed by atoms with Gasteiger partial charge in [-0.3, -0.25) is 14.7 Å². The van der Waals surface area contributed by atoms with E-state index in [-0.39, 0.29) is 24.6 Å². The van der Waals surface area contributed by atoms with E-state index in [2.05, 4.69) is 15.2 Å². The van der Waals surface area contributed by atoms with Crippen LogP contribution in [0.3, 0.4) is 0 Å². The summed E-state index contributed by atoms with van der Waals surface area (Å²) in [5, 5.41) is 7.04. The zero-order chi connectivity index (χ0) is 19.9. The number of aromatic amines is 1. The van der Waals surface area contributed by atoms with Crippen LogP contribution < -0.4 is 10.6 Å². The molecule has 144 valence electrons. The minimum Gasteiger partial charge on any atom is -0.370 e. The van der Waals surface area contributed by atoms with E-state index < -0.39 is 11.7 Å². The average molecular weight is 399 g/mol. The van der Waals surface area contributed by atoms with E-state index in [1.807, 2.05) is 18.2 Å². The first-order valence-corrected chi connectivity index (χ1v) is 9.47. The number of thioether (sulfide) groups is 1. The number of halogens is 1. The Morgan fingerprint density at radius 1 is 1.11 bits per heavy atom. The molecule has 7 nitrogen and oxygen atoms in total. The summed E-state index contributed by atoms with van der Waals surface area (Å²) in [5.74, 6) is -0.753.